The highest BCUT2D eigenvalue weighted by molar-refractivity contribution is 6.33. The summed E-state index contributed by atoms with van der Waals surface area (Å²) in [4.78, 5) is 17.2. The van der Waals surface area contributed by atoms with E-state index in [1.807, 2.05) is 61.5 Å². The number of hydrogen-bond donors (Lipinski definition) is 2. The summed E-state index contributed by atoms with van der Waals surface area (Å²) in [7, 11) is 0. The zero-order chi connectivity index (χ0) is 22.8. The predicted molar refractivity (Wildman–Crippen MR) is 130 cm³/mol. The number of carbonyl (C=O) groups is 1. The van der Waals surface area contributed by atoms with E-state index in [9.17, 15) is 4.79 Å². The fourth-order valence-electron chi connectivity index (χ4n) is 3.96. The van der Waals surface area contributed by atoms with Crippen molar-refractivity contribution < 1.29 is 9.53 Å². The Kier molecular flexibility index (Phi) is 5.98. The predicted octanol–water partition coefficient (Wildman–Crippen LogP) is 5.09. The standard InChI is InChI=1S/C25H24ClN5O2/c1-16-14-28-31-23(13-21(30-24(16)31)19-8-2-3-9-20(19)26)27-15-17-6-4-7-18(12-17)29-25(32)22-10-5-11-33-22/h2-4,6-9,12-14,22,27H,5,10-11,15H2,1H3,(H,29,32). The molecule has 7 nitrogen and oxygen atoms in total. The number of fused-ring (bicyclic) bond motifs is 1. The number of nitrogens with one attached hydrogen (secondary N) is 2. The summed E-state index contributed by atoms with van der Waals surface area (Å²) in [6.07, 6.45) is 3.13. The van der Waals surface area contributed by atoms with Crippen LogP contribution in [0.2, 0.25) is 5.02 Å². The van der Waals surface area contributed by atoms with Gasteiger partial charge in [-0.05, 0) is 43.5 Å². The number of anilines is 2. The number of hydrogen-bond acceptors (Lipinski definition) is 5. The first-order valence-electron chi connectivity index (χ1n) is 10.9. The van der Waals surface area contributed by atoms with Crippen LogP contribution in [0.25, 0.3) is 16.9 Å². The van der Waals surface area contributed by atoms with Crippen molar-refractivity contribution >= 4 is 34.7 Å². The van der Waals surface area contributed by atoms with Crippen LogP contribution in [-0.2, 0) is 16.1 Å². The summed E-state index contributed by atoms with van der Waals surface area (Å²) in [5, 5.41) is 11.5. The molecular formula is C25H24ClN5O2. The smallest absolute Gasteiger partial charge is 0.253 e. The van der Waals surface area contributed by atoms with Gasteiger partial charge in [-0.2, -0.15) is 9.61 Å². The van der Waals surface area contributed by atoms with E-state index in [4.69, 9.17) is 21.3 Å². The van der Waals surface area contributed by atoms with Gasteiger partial charge in [0, 0.05) is 41.1 Å². The second-order valence-corrected chi connectivity index (χ2v) is 8.52. The molecule has 2 N–H and O–H groups in total. The molecule has 4 aromatic rings. The van der Waals surface area contributed by atoms with Gasteiger partial charge in [0.2, 0.25) is 0 Å². The van der Waals surface area contributed by atoms with Crippen LogP contribution in [-0.4, -0.2) is 33.2 Å². The molecule has 0 aliphatic carbocycles. The van der Waals surface area contributed by atoms with E-state index in [2.05, 4.69) is 15.7 Å². The zero-order valence-electron chi connectivity index (χ0n) is 18.2. The van der Waals surface area contributed by atoms with E-state index >= 15 is 0 Å². The van der Waals surface area contributed by atoms with Crippen molar-refractivity contribution in [1.82, 2.24) is 14.6 Å². The van der Waals surface area contributed by atoms with E-state index in [-0.39, 0.29) is 12.0 Å². The highest BCUT2D eigenvalue weighted by Crippen LogP contribution is 2.29. The Bertz CT molecular complexity index is 1310. The van der Waals surface area contributed by atoms with Crippen LogP contribution in [0.4, 0.5) is 11.5 Å². The van der Waals surface area contributed by atoms with Gasteiger partial charge in [-0.3, -0.25) is 4.79 Å². The average molecular weight is 462 g/mol. The molecule has 33 heavy (non-hydrogen) atoms. The summed E-state index contributed by atoms with van der Waals surface area (Å²) >= 11 is 6.43. The molecule has 0 saturated carbocycles. The minimum Gasteiger partial charge on any atom is -0.368 e. The van der Waals surface area contributed by atoms with Crippen molar-refractivity contribution in [3.63, 3.8) is 0 Å². The normalized spacial score (nSPS) is 15.6. The molecule has 5 rings (SSSR count). The molecule has 1 fully saturated rings. The lowest BCUT2D eigenvalue weighted by Crippen LogP contribution is -2.26. The number of benzene rings is 2. The van der Waals surface area contributed by atoms with Gasteiger partial charge in [0.25, 0.3) is 5.91 Å². The molecule has 8 heteroatoms. The van der Waals surface area contributed by atoms with Crippen LogP contribution in [0.5, 0.6) is 0 Å². The van der Waals surface area contributed by atoms with Crippen LogP contribution < -0.4 is 10.6 Å². The lowest BCUT2D eigenvalue weighted by molar-refractivity contribution is -0.124. The van der Waals surface area contributed by atoms with Gasteiger partial charge in [0.15, 0.2) is 5.65 Å². The third-order valence-corrected chi connectivity index (χ3v) is 6.02. The molecule has 0 spiro atoms. The summed E-state index contributed by atoms with van der Waals surface area (Å²) in [6.45, 7) is 3.17. The molecule has 1 unspecified atom stereocenters. The Morgan fingerprint density at radius 1 is 1.21 bits per heavy atom. The van der Waals surface area contributed by atoms with E-state index in [1.165, 1.54) is 0 Å². The zero-order valence-corrected chi connectivity index (χ0v) is 19.0. The van der Waals surface area contributed by atoms with Gasteiger partial charge in [-0.25, -0.2) is 4.98 Å². The van der Waals surface area contributed by atoms with Gasteiger partial charge < -0.3 is 15.4 Å². The molecular weight excluding hydrogens is 438 g/mol. The first-order chi connectivity index (χ1) is 16.1. The van der Waals surface area contributed by atoms with Crippen LogP contribution in [0.3, 0.4) is 0 Å². The Balaban J connectivity index is 1.38. The van der Waals surface area contributed by atoms with E-state index < -0.39 is 0 Å². The second-order valence-electron chi connectivity index (χ2n) is 8.11. The lowest BCUT2D eigenvalue weighted by Gasteiger charge is -2.13. The average Bonchev–Trinajstić information content (AvgIpc) is 3.49. The fraction of sp³-hybridized carbons (Fsp3) is 0.240. The largest absolute Gasteiger partial charge is 0.368 e. The van der Waals surface area contributed by atoms with Crippen LogP contribution in [0.1, 0.15) is 24.0 Å². The van der Waals surface area contributed by atoms with E-state index in [1.54, 1.807) is 10.7 Å². The summed E-state index contributed by atoms with van der Waals surface area (Å²) in [5.41, 5.74) is 5.16. The van der Waals surface area contributed by atoms with Crippen molar-refractivity contribution in [3.8, 4) is 11.3 Å². The van der Waals surface area contributed by atoms with Crippen molar-refractivity contribution in [1.29, 1.82) is 0 Å². The number of nitrogens with zero attached hydrogens (tertiary/aromatic N) is 3. The number of rotatable bonds is 6. The second kappa shape index (κ2) is 9.21. The van der Waals surface area contributed by atoms with Crippen LogP contribution in [0.15, 0.2) is 60.8 Å². The first-order valence-corrected chi connectivity index (χ1v) is 11.3. The molecule has 1 atom stereocenters. The first kappa shape index (κ1) is 21.4. The summed E-state index contributed by atoms with van der Waals surface area (Å²) in [5.74, 6) is 0.710. The molecule has 2 aromatic heterocycles. The maximum absolute atomic E-state index is 12.4. The topological polar surface area (TPSA) is 80.5 Å². The minimum absolute atomic E-state index is 0.0927. The molecule has 2 aromatic carbocycles. The van der Waals surface area contributed by atoms with E-state index in [0.29, 0.717) is 18.2 Å². The molecule has 1 amide bonds. The summed E-state index contributed by atoms with van der Waals surface area (Å²) in [6, 6.07) is 17.4. The van der Waals surface area contributed by atoms with Gasteiger partial charge in [-0.15, -0.1) is 0 Å². The molecule has 168 valence electrons. The van der Waals surface area contributed by atoms with Gasteiger partial charge in [0.1, 0.15) is 11.9 Å². The number of carbonyl (C=O) groups excluding carboxylic acids is 1. The number of aromatic nitrogens is 3. The molecule has 1 aliphatic heterocycles. The third-order valence-electron chi connectivity index (χ3n) is 5.69. The monoisotopic (exact) mass is 461 g/mol. The van der Waals surface area contributed by atoms with Crippen LogP contribution >= 0.6 is 11.6 Å². The molecule has 1 saturated heterocycles. The SMILES string of the molecule is Cc1cnn2c(NCc3cccc(NC(=O)C4CCCO4)c3)cc(-c3ccccc3Cl)nc12. The van der Waals surface area contributed by atoms with Gasteiger partial charge >= 0.3 is 0 Å². The highest BCUT2D eigenvalue weighted by atomic mass is 35.5. The van der Waals surface area contributed by atoms with Crippen LogP contribution in [0, 0.1) is 6.92 Å². The number of halogens is 1. The highest BCUT2D eigenvalue weighted by Gasteiger charge is 2.23. The Morgan fingerprint density at radius 2 is 2.09 bits per heavy atom. The van der Waals surface area contributed by atoms with Gasteiger partial charge in [-0.1, -0.05) is 41.9 Å². The quantitative estimate of drug-likeness (QED) is 0.418. The Morgan fingerprint density at radius 3 is 2.91 bits per heavy atom. The number of ether oxygens (including phenoxy) is 1. The molecule has 0 radical (unpaired) electrons. The van der Waals surface area contributed by atoms with Gasteiger partial charge in [0.05, 0.1) is 11.9 Å². The summed E-state index contributed by atoms with van der Waals surface area (Å²) < 4.78 is 7.26. The van der Waals surface area contributed by atoms with Crippen molar-refractivity contribution in [3.05, 3.63) is 76.9 Å². The van der Waals surface area contributed by atoms with Crippen molar-refractivity contribution in [2.45, 2.75) is 32.4 Å². The number of aryl methyl sites for hydroxylation is 1. The Labute approximate surface area is 196 Å². The maximum atomic E-state index is 12.4. The molecule has 3 heterocycles. The third kappa shape index (κ3) is 4.55. The molecule has 1 aliphatic rings. The number of amides is 1. The Hall–Kier alpha value is -3.42. The lowest BCUT2D eigenvalue weighted by atomic mass is 10.1. The van der Waals surface area contributed by atoms with Crippen molar-refractivity contribution in [2.75, 3.05) is 17.2 Å². The maximum Gasteiger partial charge on any atom is 0.253 e. The van der Waals surface area contributed by atoms with E-state index in [0.717, 1.165) is 52.4 Å². The fourth-order valence-corrected chi connectivity index (χ4v) is 4.20. The molecule has 0 bridgehead atoms. The van der Waals surface area contributed by atoms with Crippen molar-refractivity contribution in [2.24, 2.45) is 0 Å². The minimum atomic E-state index is -0.358.